The van der Waals surface area contributed by atoms with Gasteiger partial charge in [0.1, 0.15) is 6.07 Å². The molecule has 2 rings (SSSR count). The first-order valence-corrected chi connectivity index (χ1v) is 7.08. The Labute approximate surface area is 126 Å². The topological polar surface area (TPSA) is 53.0 Å². The number of benzene rings is 2. The van der Waals surface area contributed by atoms with Crippen molar-refractivity contribution < 1.29 is 0 Å². The van der Waals surface area contributed by atoms with E-state index in [9.17, 15) is 5.26 Å². The molecule has 0 amide bonds. The van der Waals surface area contributed by atoms with Crippen molar-refractivity contribution in [1.82, 2.24) is 0 Å². The number of nitrogens with two attached hydrogens (primary N) is 1. The second-order valence-electron chi connectivity index (χ2n) is 5.45. The quantitative estimate of drug-likeness (QED) is 0.933. The van der Waals surface area contributed by atoms with E-state index in [1.165, 1.54) is 5.56 Å². The summed E-state index contributed by atoms with van der Waals surface area (Å²) < 4.78 is 0. The molecule has 0 bridgehead atoms. The minimum absolute atomic E-state index is 0.0279. The molecular weight excluding hydrogens is 258 g/mol. The maximum absolute atomic E-state index is 9.29. The molecule has 21 heavy (non-hydrogen) atoms. The lowest BCUT2D eigenvalue weighted by atomic mass is 9.97. The molecule has 2 atom stereocenters. The van der Waals surface area contributed by atoms with Gasteiger partial charge in [-0.3, -0.25) is 0 Å². The Morgan fingerprint density at radius 3 is 2.29 bits per heavy atom. The van der Waals surface area contributed by atoms with Crippen molar-refractivity contribution in [1.29, 1.82) is 5.26 Å². The predicted octanol–water partition coefficient (Wildman–Crippen LogP) is 3.39. The summed E-state index contributed by atoms with van der Waals surface area (Å²) in [6, 6.07) is 18.2. The van der Waals surface area contributed by atoms with Crippen LogP contribution >= 0.6 is 0 Å². The van der Waals surface area contributed by atoms with Gasteiger partial charge in [-0.25, -0.2) is 0 Å². The van der Waals surface area contributed by atoms with Crippen molar-refractivity contribution >= 4 is 5.69 Å². The molecule has 2 aromatic rings. The molecule has 3 heteroatoms. The number of nitriles is 1. The third-order valence-corrected chi connectivity index (χ3v) is 3.74. The van der Waals surface area contributed by atoms with E-state index in [1.807, 2.05) is 38.2 Å². The Morgan fingerprint density at radius 1 is 1.10 bits per heavy atom. The van der Waals surface area contributed by atoms with Crippen molar-refractivity contribution in [2.24, 2.45) is 5.73 Å². The molecule has 0 aliphatic heterocycles. The van der Waals surface area contributed by atoms with Gasteiger partial charge in [-0.05, 0) is 31.5 Å². The van der Waals surface area contributed by atoms with Crippen LogP contribution in [0.5, 0.6) is 0 Å². The molecule has 2 unspecified atom stereocenters. The van der Waals surface area contributed by atoms with E-state index in [2.05, 4.69) is 42.2 Å². The molecule has 0 radical (unpaired) electrons. The van der Waals surface area contributed by atoms with E-state index in [0.717, 1.165) is 11.3 Å². The summed E-state index contributed by atoms with van der Waals surface area (Å²) in [5, 5.41) is 9.29. The summed E-state index contributed by atoms with van der Waals surface area (Å²) in [5.74, 6) is 0. The van der Waals surface area contributed by atoms with Crippen molar-refractivity contribution in [2.45, 2.75) is 25.9 Å². The fraction of sp³-hybridized carbons (Fsp3) is 0.278. The van der Waals surface area contributed by atoms with Gasteiger partial charge in [-0.2, -0.15) is 5.26 Å². The molecule has 0 saturated heterocycles. The van der Waals surface area contributed by atoms with Gasteiger partial charge < -0.3 is 10.6 Å². The van der Waals surface area contributed by atoms with Gasteiger partial charge in [0.15, 0.2) is 0 Å². The number of hydrogen-bond donors (Lipinski definition) is 1. The predicted molar refractivity (Wildman–Crippen MR) is 87.1 cm³/mol. The highest BCUT2D eigenvalue weighted by molar-refractivity contribution is 5.60. The van der Waals surface area contributed by atoms with E-state index in [0.29, 0.717) is 5.56 Å². The number of nitrogens with zero attached hydrogens (tertiary/aromatic N) is 2. The molecule has 2 aromatic carbocycles. The maximum atomic E-state index is 9.29. The summed E-state index contributed by atoms with van der Waals surface area (Å²) >= 11 is 0. The van der Waals surface area contributed by atoms with E-state index in [-0.39, 0.29) is 12.1 Å². The summed E-state index contributed by atoms with van der Waals surface area (Å²) in [7, 11) is 1.99. The van der Waals surface area contributed by atoms with Crippen LogP contribution in [0.4, 0.5) is 5.69 Å². The van der Waals surface area contributed by atoms with Crippen LogP contribution in [0.15, 0.2) is 48.5 Å². The first-order valence-electron chi connectivity index (χ1n) is 7.08. The van der Waals surface area contributed by atoms with Gasteiger partial charge in [0.25, 0.3) is 0 Å². The standard InChI is InChI=1S/C18H21N3/c1-13-8-10-15(11-9-13)18(14(2)20)21(3)17-7-5-4-6-16(17)12-19/h4-11,14,18H,20H2,1-3H3. The van der Waals surface area contributed by atoms with Gasteiger partial charge in [0.05, 0.1) is 17.3 Å². The van der Waals surface area contributed by atoms with E-state index in [4.69, 9.17) is 5.73 Å². The number of rotatable bonds is 4. The normalized spacial score (nSPS) is 13.3. The molecule has 2 N–H and O–H groups in total. The molecule has 0 aliphatic rings. The summed E-state index contributed by atoms with van der Waals surface area (Å²) in [6.45, 7) is 4.06. The minimum Gasteiger partial charge on any atom is -0.365 e. The Bertz CT molecular complexity index is 638. The molecule has 3 nitrogen and oxygen atoms in total. The van der Waals surface area contributed by atoms with Gasteiger partial charge in [-0.1, -0.05) is 42.0 Å². The van der Waals surface area contributed by atoms with Crippen LogP contribution in [-0.4, -0.2) is 13.1 Å². The third kappa shape index (κ3) is 3.24. The minimum atomic E-state index is -0.0514. The number of hydrogen-bond acceptors (Lipinski definition) is 3. The zero-order chi connectivity index (χ0) is 15.4. The number of anilines is 1. The smallest absolute Gasteiger partial charge is 0.101 e. The van der Waals surface area contributed by atoms with Gasteiger partial charge >= 0.3 is 0 Å². The highest BCUT2D eigenvalue weighted by Gasteiger charge is 2.23. The monoisotopic (exact) mass is 279 g/mol. The van der Waals surface area contributed by atoms with Crippen LogP contribution in [0, 0.1) is 18.3 Å². The highest BCUT2D eigenvalue weighted by atomic mass is 15.2. The number of likely N-dealkylation sites (N-methyl/N-ethyl adjacent to an activating group) is 1. The van der Waals surface area contributed by atoms with Gasteiger partial charge in [0.2, 0.25) is 0 Å². The molecular formula is C18H21N3. The Hall–Kier alpha value is -2.31. The van der Waals surface area contributed by atoms with Crippen LogP contribution in [0.2, 0.25) is 0 Å². The zero-order valence-electron chi connectivity index (χ0n) is 12.7. The lowest BCUT2D eigenvalue weighted by Gasteiger charge is -2.34. The largest absolute Gasteiger partial charge is 0.365 e. The lowest BCUT2D eigenvalue weighted by molar-refractivity contribution is 0.558. The van der Waals surface area contributed by atoms with Crippen LogP contribution in [0.3, 0.4) is 0 Å². The van der Waals surface area contributed by atoms with Crippen LogP contribution in [0.25, 0.3) is 0 Å². The average molecular weight is 279 g/mol. The van der Waals surface area contributed by atoms with Crippen molar-refractivity contribution in [3.05, 3.63) is 65.2 Å². The highest BCUT2D eigenvalue weighted by Crippen LogP contribution is 2.30. The first kappa shape index (κ1) is 15.1. The third-order valence-electron chi connectivity index (χ3n) is 3.74. The van der Waals surface area contributed by atoms with Crippen LogP contribution < -0.4 is 10.6 Å². The van der Waals surface area contributed by atoms with E-state index >= 15 is 0 Å². The number of aryl methyl sites for hydroxylation is 1. The fourth-order valence-corrected chi connectivity index (χ4v) is 2.67. The van der Waals surface area contributed by atoms with Crippen molar-refractivity contribution in [3.8, 4) is 6.07 Å². The molecule has 0 saturated carbocycles. The lowest BCUT2D eigenvalue weighted by Crippen LogP contribution is -2.37. The Balaban J connectivity index is 2.43. The molecule has 108 valence electrons. The van der Waals surface area contributed by atoms with Crippen LogP contribution in [-0.2, 0) is 0 Å². The Kier molecular flexibility index (Phi) is 4.62. The molecule has 0 spiro atoms. The average Bonchev–Trinajstić information content (AvgIpc) is 2.49. The summed E-state index contributed by atoms with van der Waals surface area (Å²) in [5.41, 5.74) is 10.2. The van der Waals surface area contributed by atoms with E-state index in [1.54, 1.807) is 0 Å². The molecule has 0 aromatic heterocycles. The summed E-state index contributed by atoms with van der Waals surface area (Å²) in [6.07, 6.45) is 0. The van der Waals surface area contributed by atoms with Gasteiger partial charge in [-0.15, -0.1) is 0 Å². The molecule has 0 aliphatic carbocycles. The van der Waals surface area contributed by atoms with Crippen molar-refractivity contribution in [2.75, 3.05) is 11.9 Å². The Morgan fingerprint density at radius 2 is 1.71 bits per heavy atom. The van der Waals surface area contributed by atoms with E-state index < -0.39 is 0 Å². The molecule has 0 fully saturated rings. The van der Waals surface area contributed by atoms with Crippen LogP contribution in [0.1, 0.15) is 29.7 Å². The summed E-state index contributed by atoms with van der Waals surface area (Å²) in [4.78, 5) is 2.09. The van der Waals surface area contributed by atoms with Crippen molar-refractivity contribution in [3.63, 3.8) is 0 Å². The fourth-order valence-electron chi connectivity index (χ4n) is 2.67. The second kappa shape index (κ2) is 6.43. The zero-order valence-corrected chi connectivity index (χ0v) is 12.7. The maximum Gasteiger partial charge on any atom is 0.101 e. The SMILES string of the molecule is Cc1ccc(C(C(C)N)N(C)c2ccccc2C#N)cc1. The first-order chi connectivity index (χ1) is 10.0. The number of para-hydroxylation sites is 1. The van der Waals surface area contributed by atoms with Gasteiger partial charge in [0, 0.05) is 13.1 Å². The second-order valence-corrected chi connectivity index (χ2v) is 5.45. The molecule has 0 heterocycles.